The first-order valence-electron chi connectivity index (χ1n) is 6.45. The zero-order valence-electron chi connectivity index (χ0n) is 11.4. The largest absolute Gasteiger partial charge is 0.496 e. The highest BCUT2D eigenvalue weighted by molar-refractivity contribution is 5.99. The van der Waals surface area contributed by atoms with Crippen LogP contribution in [0.3, 0.4) is 0 Å². The lowest BCUT2D eigenvalue weighted by Gasteiger charge is -2.09. The van der Waals surface area contributed by atoms with Gasteiger partial charge in [0.2, 0.25) is 0 Å². The number of H-pyrrole nitrogens is 1. The monoisotopic (exact) mass is 265 g/mol. The molecule has 3 nitrogen and oxygen atoms in total. The fourth-order valence-electron chi connectivity index (χ4n) is 2.62. The van der Waals surface area contributed by atoms with E-state index in [0.717, 1.165) is 39.8 Å². The number of nitrogens with one attached hydrogen (secondary N) is 1. The third kappa shape index (κ3) is 1.88. The summed E-state index contributed by atoms with van der Waals surface area (Å²) in [6.45, 7) is 2.03. The molecule has 0 unspecified atom stereocenters. The maximum Gasteiger partial charge on any atom is 0.150 e. The van der Waals surface area contributed by atoms with Gasteiger partial charge in [-0.1, -0.05) is 18.2 Å². The number of methoxy groups -OCH3 is 1. The van der Waals surface area contributed by atoms with Crippen LogP contribution in [0.4, 0.5) is 0 Å². The van der Waals surface area contributed by atoms with Crippen LogP contribution in [0.2, 0.25) is 0 Å². The molecule has 0 saturated heterocycles. The third-order valence-corrected chi connectivity index (χ3v) is 3.52. The number of carbonyl (C=O) groups is 1. The molecule has 2 aromatic carbocycles. The number of hydrogen-bond acceptors (Lipinski definition) is 2. The van der Waals surface area contributed by atoms with Gasteiger partial charge in [-0.05, 0) is 31.2 Å². The van der Waals surface area contributed by atoms with E-state index in [-0.39, 0.29) is 0 Å². The molecule has 1 aromatic heterocycles. The number of aromatic amines is 1. The molecule has 1 N–H and O–H groups in total. The smallest absolute Gasteiger partial charge is 0.150 e. The second kappa shape index (κ2) is 4.85. The van der Waals surface area contributed by atoms with Crippen LogP contribution in [0.5, 0.6) is 5.75 Å². The van der Waals surface area contributed by atoms with Crippen molar-refractivity contribution in [3.63, 3.8) is 0 Å². The Morgan fingerprint density at radius 3 is 2.70 bits per heavy atom. The van der Waals surface area contributed by atoms with E-state index >= 15 is 0 Å². The molecule has 3 aromatic rings. The number of ether oxygens (including phenoxy) is 1. The minimum atomic E-state index is 0.644. The minimum absolute atomic E-state index is 0.644. The quantitative estimate of drug-likeness (QED) is 0.728. The molecule has 0 spiro atoms. The Morgan fingerprint density at radius 1 is 1.15 bits per heavy atom. The molecule has 1 heterocycles. The van der Waals surface area contributed by atoms with Crippen LogP contribution in [0.15, 0.2) is 42.5 Å². The predicted molar refractivity (Wildman–Crippen MR) is 80.4 cm³/mol. The molecular formula is C17H15NO2. The lowest BCUT2D eigenvalue weighted by Crippen LogP contribution is -1.91. The van der Waals surface area contributed by atoms with Crippen molar-refractivity contribution in [1.29, 1.82) is 0 Å². The number of carbonyl (C=O) groups excluding carboxylic acids is 1. The van der Waals surface area contributed by atoms with Crippen LogP contribution in [0.1, 0.15) is 16.1 Å². The van der Waals surface area contributed by atoms with Gasteiger partial charge in [0, 0.05) is 33.3 Å². The van der Waals surface area contributed by atoms with E-state index in [0.29, 0.717) is 5.56 Å². The Bertz CT molecular complexity index is 787. The van der Waals surface area contributed by atoms with Gasteiger partial charge in [-0.15, -0.1) is 0 Å². The second-order valence-electron chi connectivity index (χ2n) is 4.75. The van der Waals surface area contributed by atoms with Crippen molar-refractivity contribution < 1.29 is 9.53 Å². The number of fused-ring (bicyclic) bond motifs is 1. The predicted octanol–water partition coefficient (Wildman–Crippen LogP) is 3.96. The Hall–Kier alpha value is -2.55. The van der Waals surface area contributed by atoms with E-state index in [1.807, 2.05) is 37.3 Å². The number of aromatic nitrogens is 1. The van der Waals surface area contributed by atoms with Crippen molar-refractivity contribution in [1.82, 2.24) is 4.98 Å². The van der Waals surface area contributed by atoms with Gasteiger partial charge in [0.15, 0.2) is 0 Å². The van der Waals surface area contributed by atoms with Crippen LogP contribution in [0, 0.1) is 6.92 Å². The fourth-order valence-corrected chi connectivity index (χ4v) is 2.62. The molecule has 0 atom stereocenters. The molecule has 100 valence electrons. The van der Waals surface area contributed by atoms with Crippen molar-refractivity contribution in [2.75, 3.05) is 7.11 Å². The summed E-state index contributed by atoms with van der Waals surface area (Å²) in [6.07, 6.45) is 0.854. The highest BCUT2D eigenvalue weighted by Crippen LogP contribution is 2.37. The van der Waals surface area contributed by atoms with E-state index in [1.54, 1.807) is 13.2 Å². The number of aldehydes is 1. The van der Waals surface area contributed by atoms with Gasteiger partial charge >= 0.3 is 0 Å². The summed E-state index contributed by atoms with van der Waals surface area (Å²) in [6, 6.07) is 13.6. The third-order valence-electron chi connectivity index (χ3n) is 3.52. The number of hydrogen-bond donors (Lipinski definition) is 1. The van der Waals surface area contributed by atoms with E-state index in [2.05, 4.69) is 11.1 Å². The summed E-state index contributed by atoms with van der Waals surface area (Å²) >= 11 is 0. The van der Waals surface area contributed by atoms with E-state index in [9.17, 15) is 4.79 Å². The Balaban J connectivity index is 2.35. The molecule has 0 aliphatic heterocycles. The first kappa shape index (κ1) is 12.5. The first-order valence-corrected chi connectivity index (χ1v) is 6.45. The maximum absolute atomic E-state index is 11.0. The van der Waals surface area contributed by atoms with Gasteiger partial charge in [0.05, 0.1) is 7.11 Å². The van der Waals surface area contributed by atoms with Crippen molar-refractivity contribution in [3.8, 4) is 16.9 Å². The second-order valence-corrected chi connectivity index (χ2v) is 4.75. The molecule has 0 radical (unpaired) electrons. The molecule has 0 fully saturated rings. The highest BCUT2D eigenvalue weighted by atomic mass is 16.5. The average Bonchev–Trinajstić information content (AvgIpc) is 2.82. The lowest BCUT2D eigenvalue weighted by atomic mass is 9.99. The highest BCUT2D eigenvalue weighted by Gasteiger charge is 2.14. The summed E-state index contributed by atoms with van der Waals surface area (Å²) in [7, 11) is 1.64. The van der Waals surface area contributed by atoms with Gasteiger partial charge in [0.25, 0.3) is 0 Å². The minimum Gasteiger partial charge on any atom is -0.496 e. The summed E-state index contributed by atoms with van der Waals surface area (Å²) < 4.78 is 5.44. The van der Waals surface area contributed by atoms with Crippen molar-refractivity contribution >= 4 is 17.2 Å². The van der Waals surface area contributed by atoms with Crippen molar-refractivity contribution in [2.45, 2.75) is 6.92 Å². The first-order chi connectivity index (χ1) is 9.74. The Kier molecular flexibility index (Phi) is 3.03. The summed E-state index contributed by atoms with van der Waals surface area (Å²) in [5.41, 5.74) is 4.81. The standard InChI is InChI=1S/C17H15NO2/c1-11-17(13-5-3-4-6-15(13)18-11)14-9-12(10-19)7-8-16(14)20-2/h3-10,18H,1-2H3. The molecular weight excluding hydrogens is 250 g/mol. The van der Waals surface area contributed by atoms with Gasteiger partial charge in [-0.3, -0.25) is 4.79 Å². The summed E-state index contributed by atoms with van der Waals surface area (Å²) in [5.74, 6) is 0.767. The Morgan fingerprint density at radius 2 is 1.95 bits per heavy atom. The molecule has 0 amide bonds. The number of aryl methyl sites for hydroxylation is 1. The SMILES string of the molecule is COc1ccc(C=O)cc1-c1c(C)[nH]c2ccccc12. The van der Waals surface area contributed by atoms with Gasteiger partial charge in [-0.2, -0.15) is 0 Å². The van der Waals surface area contributed by atoms with Crippen LogP contribution in [-0.4, -0.2) is 18.4 Å². The molecule has 0 saturated carbocycles. The number of rotatable bonds is 3. The Labute approximate surface area is 117 Å². The zero-order valence-corrected chi connectivity index (χ0v) is 11.4. The van der Waals surface area contributed by atoms with Crippen molar-refractivity contribution in [3.05, 3.63) is 53.7 Å². The van der Waals surface area contributed by atoms with Crippen LogP contribution in [-0.2, 0) is 0 Å². The van der Waals surface area contributed by atoms with Crippen molar-refractivity contribution in [2.24, 2.45) is 0 Å². The molecule has 0 bridgehead atoms. The van der Waals surface area contributed by atoms with Crippen LogP contribution in [0.25, 0.3) is 22.0 Å². The molecule has 20 heavy (non-hydrogen) atoms. The molecule has 3 rings (SSSR count). The summed E-state index contributed by atoms with van der Waals surface area (Å²) in [5, 5.41) is 1.13. The normalized spacial score (nSPS) is 10.7. The molecule has 3 heteroatoms. The van der Waals surface area contributed by atoms with E-state index in [4.69, 9.17) is 4.74 Å². The fraction of sp³-hybridized carbons (Fsp3) is 0.118. The number of para-hydroxylation sites is 1. The zero-order chi connectivity index (χ0) is 14.1. The average molecular weight is 265 g/mol. The lowest BCUT2D eigenvalue weighted by molar-refractivity contribution is 0.112. The molecule has 0 aliphatic carbocycles. The summed E-state index contributed by atoms with van der Waals surface area (Å²) in [4.78, 5) is 14.4. The topological polar surface area (TPSA) is 42.1 Å². The van der Waals surface area contributed by atoms with Crippen LogP contribution < -0.4 is 4.74 Å². The van der Waals surface area contributed by atoms with Gasteiger partial charge < -0.3 is 9.72 Å². The van der Waals surface area contributed by atoms with E-state index in [1.165, 1.54) is 0 Å². The number of benzene rings is 2. The molecule has 0 aliphatic rings. The van der Waals surface area contributed by atoms with E-state index < -0.39 is 0 Å². The maximum atomic E-state index is 11.0. The van der Waals surface area contributed by atoms with Gasteiger partial charge in [-0.25, -0.2) is 0 Å². The van der Waals surface area contributed by atoms with Crippen LogP contribution >= 0.6 is 0 Å². The van der Waals surface area contributed by atoms with Gasteiger partial charge in [0.1, 0.15) is 12.0 Å².